The average Bonchev–Trinajstić information content (AvgIpc) is 2.83. The molecule has 0 saturated carbocycles. The number of rotatable bonds is 5. The standard InChI is InChI=1S/C24H26N4O3/c1-17-6-4-5-7-19(17)21-10-11-23(26-25-21)27-12-14-28(15-13-27)24(29)20-9-8-18(30-2)16-22(20)31-3/h4-11,16H,12-15H2,1-3H3. The van der Waals surface area contributed by atoms with Gasteiger partial charge in [-0.25, -0.2) is 0 Å². The summed E-state index contributed by atoms with van der Waals surface area (Å²) in [5, 5.41) is 8.86. The SMILES string of the molecule is COc1ccc(C(=O)N2CCN(c3ccc(-c4ccccc4C)nn3)CC2)c(OC)c1. The molecule has 1 aromatic heterocycles. The van der Waals surface area contributed by atoms with Gasteiger partial charge in [0.2, 0.25) is 0 Å². The monoisotopic (exact) mass is 418 g/mol. The first-order valence-electron chi connectivity index (χ1n) is 10.3. The van der Waals surface area contributed by atoms with Gasteiger partial charge < -0.3 is 19.3 Å². The van der Waals surface area contributed by atoms with E-state index in [9.17, 15) is 4.79 Å². The highest BCUT2D eigenvalue weighted by atomic mass is 16.5. The first-order valence-corrected chi connectivity index (χ1v) is 10.3. The number of piperazine rings is 1. The predicted molar refractivity (Wildman–Crippen MR) is 120 cm³/mol. The Kier molecular flexibility index (Phi) is 6.02. The first-order chi connectivity index (χ1) is 15.1. The van der Waals surface area contributed by atoms with Gasteiger partial charge in [0.1, 0.15) is 11.5 Å². The largest absolute Gasteiger partial charge is 0.497 e. The molecule has 0 N–H and O–H groups in total. The number of anilines is 1. The number of carbonyl (C=O) groups is 1. The summed E-state index contributed by atoms with van der Waals surface area (Å²) in [4.78, 5) is 17.0. The van der Waals surface area contributed by atoms with Gasteiger partial charge in [0.15, 0.2) is 5.82 Å². The van der Waals surface area contributed by atoms with Crippen molar-refractivity contribution < 1.29 is 14.3 Å². The van der Waals surface area contributed by atoms with Crippen molar-refractivity contribution in [2.75, 3.05) is 45.3 Å². The van der Waals surface area contributed by atoms with Crippen LogP contribution in [0.15, 0.2) is 54.6 Å². The van der Waals surface area contributed by atoms with E-state index >= 15 is 0 Å². The lowest BCUT2D eigenvalue weighted by Crippen LogP contribution is -2.49. The Hall–Kier alpha value is -3.61. The predicted octanol–water partition coefficient (Wildman–Crippen LogP) is 3.43. The molecule has 3 aromatic rings. The van der Waals surface area contributed by atoms with Crippen LogP contribution in [0.4, 0.5) is 5.82 Å². The Labute approximate surface area is 182 Å². The van der Waals surface area contributed by atoms with Crippen molar-refractivity contribution in [1.82, 2.24) is 15.1 Å². The van der Waals surface area contributed by atoms with Crippen LogP contribution >= 0.6 is 0 Å². The van der Waals surface area contributed by atoms with Crippen LogP contribution in [0.2, 0.25) is 0 Å². The van der Waals surface area contributed by atoms with Crippen LogP contribution in [0, 0.1) is 6.92 Å². The summed E-state index contributed by atoms with van der Waals surface area (Å²) in [6, 6.07) is 17.4. The molecular weight excluding hydrogens is 392 g/mol. The second-order valence-corrected chi connectivity index (χ2v) is 7.44. The molecule has 1 aliphatic rings. The third-order valence-corrected chi connectivity index (χ3v) is 5.60. The lowest BCUT2D eigenvalue weighted by molar-refractivity contribution is 0.0743. The van der Waals surface area contributed by atoms with Crippen LogP contribution in [-0.4, -0.2) is 61.4 Å². The van der Waals surface area contributed by atoms with E-state index in [0.29, 0.717) is 43.2 Å². The fourth-order valence-electron chi connectivity index (χ4n) is 3.78. The molecule has 1 amide bonds. The van der Waals surface area contributed by atoms with Crippen LogP contribution in [0.3, 0.4) is 0 Å². The van der Waals surface area contributed by atoms with Gasteiger partial charge in [-0.15, -0.1) is 10.2 Å². The maximum Gasteiger partial charge on any atom is 0.257 e. The van der Waals surface area contributed by atoms with Crippen LogP contribution < -0.4 is 14.4 Å². The second-order valence-electron chi connectivity index (χ2n) is 7.44. The van der Waals surface area contributed by atoms with Gasteiger partial charge in [0.05, 0.1) is 25.5 Å². The molecular formula is C24H26N4O3. The highest BCUT2D eigenvalue weighted by molar-refractivity contribution is 5.97. The normalized spacial score (nSPS) is 13.8. The number of benzene rings is 2. The molecule has 0 unspecified atom stereocenters. The zero-order valence-electron chi connectivity index (χ0n) is 18.0. The quantitative estimate of drug-likeness (QED) is 0.632. The van der Waals surface area contributed by atoms with Crippen molar-refractivity contribution in [3.05, 3.63) is 65.7 Å². The summed E-state index contributed by atoms with van der Waals surface area (Å²) in [6.45, 7) is 4.68. The molecule has 7 nitrogen and oxygen atoms in total. The highest BCUT2D eigenvalue weighted by Crippen LogP contribution is 2.27. The maximum absolute atomic E-state index is 13.0. The van der Waals surface area contributed by atoms with Crippen molar-refractivity contribution >= 4 is 11.7 Å². The Morgan fingerprint density at radius 1 is 0.903 bits per heavy atom. The Morgan fingerprint density at radius 3 is 2.32 bits per heavy atom. The number of hydrogen-bond donors (Lipinski definition) is 0. The highest BCUT2D eigenvalue weighted by Gasteiger charge is 2.25. The molecule has 2 aromatic carbocycles. The fourth-order valence-corrected chi connectivity index (χ4v) is 3.78. The van der Waals surface area contributed by atoms with Crippen LogP contribution in [-0.2, 0) is 0 Å². The zero-order chi connectivity index (χ0) is 21.8. The molecule has 7 heteroatoms. The van der Waals surface area contributed by atoms with Gasteiger partial charge in [-0.05, 0) is 36.8 Å². The maximum atomic E-state index is 13.0. The summed E-state index contributed by atoms with van der Waals surface area (Å²) in [6.07, 6.45) is 0. The molecule has 31 heavy (non-hydrogen) atoms. The number of methoxy groups -OCH3 is 2. The minimum atomic E-state index is -0.0415. The van der Waals surface area contributed by atoms with Gasteiger partial charge in [0.25, 0.3) is 5.91 Å². The lowest BCUT2D eigenvalue weighted by Gasteiger charge is -2.35. The van der Waals surface area contributed by atoms with E-state index in [1.807, 2.05) is 29.2 Å². The number of amides is 1. The smallest absolute Gasteiger partial charge is 0.257 e. The first kappa shape index (κ1) is 20.7. The van der Waals surface area contributed by atoms with Crippen molar-refractivity contribution in [3.63, 3.8) is 0 Å². The molecule has 0 bridgehead atoms. The Morgan fingerprint density at radius 2 is 1.68 bits per heavy atom. The van der Waals surface area contributed by atoms with E-state index in [1.165, 1.54) is 5.56 Å². The van der Waals surface area contributed by atoms with Gasteiger partial charge >= 0.3 is 0 Å². The van der Waals surface area contributed by atoms with Gasteiger partial charge in [-0.2, -0.15) is 0 Å². The molecule has 160 valence electrons. The molecule has 0 radical (unpaired) electrons. The van der Waals surface area contributed by atoms with E-state index in [4.69, 9.17) is 9.47 Å². The van der Waals surface area contributed by atoms with Crippen LogP contribution in [0.5, 0.6) is 11.5 Å². The zero-order valence-corrected chi connectivity index (χ0v) is 18.0. The average molecular weight is 418 g/mol. The van der Waals surface area contributed by atoms with E-state index in [1.54, 1.807) is 32.4 Å². The van der Waals surface area contributed by atoms with Gasteiger partial charge in [-0.1, -0.05) is 24.3 Å². The number of nitrogens with zero attached hydrogens (tertiary/aromatic N) is 4. The van der Waals surface area contributed by atoms with Crippen LogP contribution in [0.1, 0.15) is 15.9 Å². The summed E-state index contributed by atoms with van der Waals surface area (Å²) in [7, 11) is 3.15. The molecule has 0 spiro atoms. The van der Waals surface area contributed by atoms with Gasteiger partial charge in [0, 0.05) is 37.8 Å². The van der Waals surface area contributed by atoms with Gasteiger partial charge in [-0.3, -0.25) is 4.79 Å². The topological polar surface area (TPSA) is 67.8 Å². The number of aryl methyl sites for hydroxylation is 1. The Bertz CT molecular complexity index is 1060. The molecule has 1 aliphatic heterocycles. The van der Waals surface area contributed by atoms with Crippen molar-refractivity contribution in [3.8, 4) is 22.8 Å². The number of hydrogen-bond acceptors (Lipinski definition) is 6. The van der Waals surface area contributed by atoms with Crippen molar-refractivity contribution in [2.24, 2.45) is 0 Å². The summed E-state index contributed by atoms with van der Waals surface area (Å²) in [5.41, 5.74) is 3.66. The molecule has 0 atom stereocenters. The summed E-state index contributed by atoms with van der Waals surface area (Å²) in [5.74, 6) is 1.96. The second kappa shape index (κ2) is 9.04. The third-order valence-electron chi connectivity index (χ3n) is 5.60. The fraction of sp³-hybridized carbons (Fsp3) is 0.292. The minimum absolute atomic E-state index is 0.0415. The van der Waals surface area contributed by atoms with Crippen LogP contribution in [0.25, 0.3) is 11.3 Å². The summed E-state index contributed by atoms with van der Waals surface area (Å²) < 4.78 is 10.6. The number of ether oxygens (including phenoxy) is 2. The lowest BCUT2D eigenvalue weighted by atomic mass is 10.1. The van der Waals surface area contributed by atoms with E-state index in [0.717, 1.165) is 17.1 Å². The van der Waals surface area contributed by atoms with E-state index in [-0.39, 0.29) is 5.91 Å². The summed E-state index contributed by atoms with van der Waals surface area (Å²) >= 11 is 0. The molecule has 1 fully saturated rings. The molecule has 1 saturated heterocycles. The Balaban J connectivity index is 1.42. The number of carbonyl (C=O) groups excluding carboxylic acids is 1. The minimum Gasteiger partial charge on any atom is -0.497 e. The van der Waals surface area contributed by atoms with Crippen molar-refractivity contribution in [2.45, 2.75) is 6.92 Å². The van der Waals surface area contributed by atoms with Crippen molar-refractivity contribution in [1.29, 1.82) is 0 Å². The number of aromatic nitrogens is 2. The third kappa shape index (κ3) is 4.30. The van der Waals surface area contributed by atoms with E-state index < -0.39 is 0 Å². The molecule has 0 aliphatic carbocycles. The molecule has 4 rings (SSSR count). The molecule has 2 heterocycles. The van der Waals surface area contributed by atoms with E-state index in [2.05, 4.69) is 34.2 Å².